The summed E-state index contributed by atoms with van der Waals surface area (Å²) in [6.45, 7) is 4.08. The van der Waals surface area contributed by atoms with Crippen molar-refractivity contribution < 1.29 is 19.4 Å². The zero-order valence-corrected chi connectivity index (χ0v) is 24.5. The minimum Gasteiger partial charge on any atom is -0.497 e. The highest BCUT2D eigenvalue weighted by molar-refractivity contribution is 6.06. The number of nitrogens with zero attached hydrogens (tertiary/aromatic N) is 1. The lowest BCUT2D eigenvalue weighted by Crippen LogP contribution is -2.51. The Labute approximate surface area is 243 Å². The van der Waals surface area contributed by atoms with Gasteiger partial charge >= 0.3 is 0 Å². The number of anilines is 1. The second kappa shape index (κ2) is 10.3. The molecule has 2 saturated carbocycles. The smallest absolute Gasteiger partial charge is 0.258 e. The van der Waals surface area contributed by atoms with Gasteiger partial charge in [0.25, 0.3) is 5.91 Å². The molecule has 5 atom stereocenters. The second-order valence-corrected chi connectivity index (χ2v) is 12.5. The number of fused-ring (bicyclic) bond motifs is 4. The minimum absolute atomic E-state index is 0.0993. The molecule has 41 heavy (non-hydrogen) atoms. The van der Waals surface area contributed by atoms with E-state index in [9.17, 15) is 14.7 Å². The highest BCUT2D eigenvalue weighted by atomic mass is 16.5. The van der Waals surface area contributed by atoms with E-state index in [4.69, 9.17) is 4.74 Å². The number of amides is 1. The average Bonchev–Trinajstić information content (AvgIpc) is 3.25. The fraction of sp³-hybridized carbons (Fsp3) is 0.444. The average molecular weight is 550 g/mol. The minimum atomic E-state index is -0.997. The van der Waals surface area contributed by atoms with Gasteiger partial charge in [-0.1, -0.05) is 36.6 Å². The van der Waals surface area contributed by atoms with Gasteiger partial charge in [-0.25, -0.2) is 0 Å². The summed E-state index contributed by atoms with van der Waals surface area (Å²) < 4.78 is 5.30. The van der Waals surface area contributed by atoms with Gasteiger partial charge in [-0.3, -0.25) is 9.59 Å². The molecule has 0 aromatic heterocycles. The van der Waals surface area contributed by atoms with Gasteiger partial charge in [0.15, 0.2) is 5.78 Å². The van der Waals surface area contributed by atoms with Gasteiger partial charge in [0.1, 0.15) is 11.4 Å². The molecule has 4 aliphatic carbocycles. The second-order valence-electron chi connectivity index (χ2n) is 12.5. The number of methoxy groups -OCH3 is 1. The van der Waals surface area contributed by atoms with E-state index < -0.39 is 5.60 Å². The van der Waals surface area contributed by atoms with Crippen molar-refractivity contribution in [3.8, 4) is 17.6 Å². The molecule has 0 spiro atoms. The van der Waals surface area contributed by atoms with Crippen LogP contribution in [-0.4, -0.2) is 36.6 Å². The first-order chi connectivity index (χ1) is 19.7. The highest BCUT2D eigenvalue weighted by Crippen LogP contribution is 2.66. The van der Waals surface area contributed by atoms with E-state index in [1.54, 1.807) is 31.2 Å². The molecule has 1 N–H and O–H groups in total. The first kappa shape index (κ1) is 27.5. The zero-order valence-electron chi connectivity index (χ0n) is 24.5. The number of ketones is 1. The fourth-order valence-electron chi connectivity index (χ4n) is 8.37. The Morgan fingerprint density at radius 2 is 1.88 bits per heavy atom. The number of benzene rings is 2. The third-order valence-corrected chi connectivity index (χ3v) is 10.5. The molecule has 0 radical (unpaired) electrons. The first-order valence-corrected chi connectivity index (χ1v) is 14.8. The van der Waals surface area contributed by atoms with Crippen LogP contribution in [0.15, 0.2) is 71.3 Å². The normalized spacial score (nSPS) is 30.3. The summed E-state index contributed by atoms with van der Waals surface area (Å²) in [5.74, 6) is 7.93. The van der Waals surface area contributed by atoms with E-state index in [0.29, 0.717) is 36.0 Å². The summed E-state index contributed by atoms with van der Waals surface area (Å²) in [6, 6.07) is 15.6. The van der Waals surface area contributed by atoms with E-state index in [0.717, 1.165) is 37.8 Å². The summed E-state index contributed by atoms with van der Waals surface area (Å²) in [5.41, 5.74) is 5.36. The quantitative estimate of drug-likeness (QED) is 0.435. The number of aliphatic hydroxyl groups is 1. The number of allylic oxidation sites excluding steroid dienone is 4. The topological polar surface area (TPSA) is 66.8 Å². The lowest BCUT2D eigenvalue weighted by Gasteiger charge is -2.53. The van der Waals surface area contributed by atoms with Gasteiger partial charge in [-0.2, -0.15) is 0 Å². The summed E-state index contributed by atoms with van der Waals surface area (Å²) in [5, 5.41) is 11.9. The fourth-order valence-corrected chi connectivity index (χ4v) is 8.37. The predicted molar refractivity (Wildman–Crippen MR) is 161 cm³/mol. The van der Waals surface area contributed by atoms with Gasteiger partial charge in [-0.05, 0) is 110 Å². The van der Waals surface area contributed by atoms with Crippen LogP contribution in [0.3, 0.4) is 0 Å². The van der Waals surface area contributed by atoms with Crippen molar-refractivity contribution in [1.82, 2.24) is 0 Å². The van der Waals surface area contributed by atoms with E-state index in [2.05, 4.69) is 30.9 Å². The number of hydrogen-bond donors (Lipinski definition) is 1. The van der Waals surface area contributed by atoms with E-state index >= 15 is 0 Å². The van der Waals surface area contributed by atoms with Crippen molar-refractivity contribution in [3.05, 3.63) is 82.5 Å². The van der Waals surface area contributed by atoms with Crippen LogP contribution in [-0.2, 0) is 4.79 Å². The highest BCUT2D eigenvalue weighted by Gasteiger charge is 2.62. The Balaban J connectivity index is 1.39. The van der Waals surface area contributed by atoms with Gasteiger partial charge in [-0.15, -0.1) is 5.92 Å². The van der Waals surface area contributed by atoms with Crippen LogP contribution in [0, 0.1) is 29.1 Å². The van der Waals surface area contributed by atoms with Gasteiger partial charge in [0, 0.05) is 36.1 Å². The molecule has 6 rings (SSSR count). The Bertz CT molecular complexity index is 1520. The SMILES string of the molecule is CC#C[C@]1(O)CC[C@H]2[C@@H]3CCC4=CC(=O)CCC4=C3[C@@H](c3ccc(N(C)C(=O)c4cccc(OC)c4)cc3)C[C@@]21C. The van der Waals surface area contributed by atoms with Crippen molar-refractivity contribution in [3.63, 3.8) is 0 Å². The maximum absolute atomic E-state index is 13.3. The number of hydrogen-bond acceptors (Lipinski definition) is 4. The molecular weight excluding hydrogens is 510 g/mol. The third kappa shape index (κ3) is 4.44. The molecule has 5 nitrogen and oxygen atoms in total. The van der Waals surface area contributed by atoms with Crippen molar-refractivity contribution in [2.75, 3.05) is 19.1 Å². The van der Waals surface area contributed by atoms with Crippen LogP contribution in [0.4, 0.5) is 5.69 Å². The molecule has 1 amide bonds. The molecule has 0 aliphatic heterocycles. The first-order valence-electron chi connectivity index (χ1n) is 14.8. The van der Waals surface area contributed by atoms with Crippen LogP contribution in [0.1, 0.15) is 80.6 Å². The van der Waals surface area contributed by atoms with Crippen molar-refractivity contribution in [2.45, 2.75) is 70.3 Å². The molecule has 2 aromatic carbocycles. The Hall–Kier alpha value is -3.62. The summed E-state index contributed by atoms with van der Waals surface area (Å²) in [6.07, 6.45) is 7.72. The Kier molecular flexibility index (Phi) is 6.94. The largest absolute Gasteiger partial charge is 0.497 e. The molecule has 2 fully saturated rings. The molecular formula is C36H39NO4. The molecule has 212 valence electrons. The van der Waals surface area contributed by atoms with Crippen molar-refractivity contribution in [1.29, 1.82) is 0 Å². The molecule has 0 unspecified atom stereocenters. The molecule has 4 aliphatic rings. The summed E-state index contributed by atoms with van der Waals surface area (Å²) >= 11 is 0. The summed E-state index contributed by atoms with van der Waals surface area (Å²) in [7, 11) is 3.39. The van der Waals surface area contributed by atoms with E-state index in [1.165, 1.54) is 22.3 Å². The zero-order chi connectivity index (χ0) is 28.9. The van der Waals surface area contributed by atoms with E-state index in [-0.39, 0.29) is 23.0 Å². The Morgan fingerprint density at radius 3 is 2.61 bits per heavy atom. The van der Waals surface area contributed by atoms with Crippen LogP contribution in [0.2, 0.25) is 0 Å². The standard InChI is InChI=1S/C36H39NO4/c1-5-18-36(40)19-17-32-30-15-11-24-20-27(38)14-16-29(24)33(30)31(22-35(32,36)2)23-9-12-26(13-10-23)37(3)34(39)25-7-6-8-28(21-25)41-4/h6-10,12-13,20-21,30-32,40H,11,14-17,19,22H2,1-4H3/t30-,31+,32-,35-,36-/m0/s1. The van der Waals surface area contributed by atoms with Crippen LogP contribution >= 0.6 is 0 Å². The molecule has 2 aromatic rings. The lowest BCUT2D eigenvalue weighted by atomic mass is 9.51. The lowest BCUT2D eigenvalue weighted by molar-refractivity contribution is -0.114. The maximum Gasteiger partial charge on any atom is 0.258 e. The molecule has 0 bridgehead atoms. The van der Waals surface area contributed by atoms with Crippen molar-refractivity contribution in [2.24, 2.45) is 17.3 Å². The molecule has 0 heterocycles. The monoisotopic (exact) mass is 549 g/mol. The van der Waals surface area contributed by atoms with Crippen molar-refractivity contribution >= 4 is 17.4 Å². The van der Waals surface area contributed by atoms with Gasteiger partial charge in [0.2, 0.25) is 0 Å². The summed E-state index contributed by atoms with van der Waals surface area (Å²) in [4.78, 5) is 27.3. The maximum atomic E-state index is 13.3. The number of carbonyl (C=O) groups is 2. The third-order valence-electron chi connectivity index (χ3n) is 10.5. The molecule has 5 heteroatoms. The predicted octanol–water partition coefficient (Wildman–Crippen LogP) is 6.63. The van der Waals surface area contributed by atoms with Gasteiger partial charge < -0.3 is 14.7 Å². The van der Waals surface area contributed by atoms with Crippen LogP contribution < -0.4 is 9.64 Å². The van der Waals surface area contributed by atoms with Gasteiger partial charge in [0.05, 0.1) is 7.11 Å². The van der Waals surface area contributed by atoms with Crippen LogP contribution in [0.25, 0.3) is 0 Å². The van der Waals surface area contributed by atoms with E-state index in [1.807, 2.05) is 37.3 Å². The number of ether oxygens (including phenoxy) is 1. The number of carbonyl (C=O) groups excluding carboxylic acids is 2. The Morgan fingerprint density at radius 1 is 1.10 bits per heavy atom. The number of rotatable bonds is 4. The molecule has 0 saturated heterocycles. The van der Waals surface area contributed by atoms with Crippen LogP contribution in [0.5, 0.6) is 5.75 Å².